The molecule has 0 spiro atoms. The Balaban J connectivity index is 0.00000220. The van der Waals surface area contributed by atoms with Gasteiger partial charge in [0.2, 0.25) is 0 Å². The van der Waals surface area contributed by atoms with E-state index in [1.807, 2.05) is 61.5 Å². The fourth-order valence-corrected chi connectivity index (χ4v) is 2.05. The van der Waals surface area contributed by atoms with Crippen LogP contribution in [0, 0.1) is 0 Å². The summed E-state index contributed by atoms with van der Waals surface area (Å²) >= 11 is 0. The van der Waals surface area contributed by atoms with Crippen molar-refractivity contribution in [1.29, 1.82) is 0 Å². The van der Waals surface area contributed by atoms with Crippen LogP contribution in [0.4, 0.5) is 5.69 Å². The molecular formula is C17H18NO2Y-. The molecule has 0 saturated heterocycles. The Morgan fingerprint density at radius 3 is 2.29 bits per heavy atom. The zero-order chi connectivity index (χ0) is 14.4. The predicted octanol–water partition coefficient (Wildman–Crippen LogP) is 4.47. The van der Waals surface area contributed by atoms with Gasteiger partial charge in [0.05, 0.1) is 6.42 Å². The van der Waals surface area contributed by atoms with Crippen LogP contribution in [0.3, 0.4) is 0 Å². The van der Waals surface area contributed by atoms with Crippen LogP contribution < -0.4 is 0 Å². The number of benzene rings is 2. The van der Waals surface area contributed by atoms with E-state index in [1.165, 1.54) is 5.56 Å². The van der Waals surface area contributed by atoms with Crippen LogP contribution in [0.2, 0.25) is 0 Å². The maximum atomic E-state index is 10.7. The van der Waals surface area contributed by atoms with Gasteiger partial charge < -0.3 is 10.4 Å². The Labute approximate surface area is 150 Å². The quantitative estimate of drug-likeness (QED) is 0.829. The number of rotatable bonds is 6. The van der Waals surface area contributed by atoms with E-state index >= 15 is 0 Å². The average Bonchev–Trinajstić information content (AvgIpc) is 2.46. The number of hydrogen-bond donors (Lipinski definition) is 1. The van der Waals surface area contributed by atoms with Crippen molar-refractivity contribution in [1.82, 2.24) is 0 Å². The Hall–Kier alpha value is -1.19. The molecule has 0 aliphatic heterocycles. The summed E-state index contributed by atoms with van der Waals surface area (Å²) in [6.07, 6.45) is 0.153. The molecule has 0 aromatic heterocycles. The van der Waals surface area contributed by atoms with E-state index in [2.05, 4.69) is 5.32 Å². The van der Waals surface area contributed by atoms with Gasteiger partial charge in [0.1, 0.15) is 0 Å². The topological polar surface area (TPSA) is 51.4 Å². The fraction of sp³-hybridized carbons (Fsp3) is 0.235. The first kappa shape index (κ1) is 17.9. The minimum Gasteiger partial charge on any atom is -0.681 e. The second-order valence-electron chi connectivity index (χ2n) is 4.89. The van der Waals surface area contributed by atoms with Crippen molar-refractivity contribution < 1.29 is 42.6 Å². The van der Waals surface area contributed by atoms with Crippen molar-refractivity contribution in [3.63, 3.8) is 0 Å². The first-order valence-corrected chi connectivity index (χ1v) is 6.68. The minimum absolute atomic E-state index is 0. The van der Waals surface area contributed by atoms with Crippen LogP contribution in [0.5, 0.6) is 0 Å². The molecule has 0 bridgehead atoms. The van der Waals surface area contributed by atoms with Crippen molar-refractivity contribution in [2.24, 2.45) is 0 Å². The molecule has 1 atom stereocenters. The number of aliphatic carboxylic acids is 1. The van der Waals surface area contributed by atoms with E-state index in [1.54, 1.807) is 0 Å². The molecule has 1 radical (unpaired) electrons. The SMILES string of the molecule is CC(CC(=O)O)c1ccc([N-]Cc2ccccc2)cc1.[Y]. The normalized spacial score (nSPS) is 11.3. The summed E-state index contributed by atoms with van der Waals surface area (Å²) in [6.45, 7) is 2.58. The second-order valence-corrected chi connectivity index (χ2v) is 4.89. The molecule has 3 nitrogen and oxygen atoms in total. The summed E-state index contributed by atoms with van der Waals surface area (Å²) < 4.78 is 0. The van der Waals surface area contributed by atoms with E-state index < -0.39 is 5.97 Å². The van der Waals surface area contributed by atoms with Gasteiger partial charge in [0, 0.05) is 32.7 Å². The van der Waals surface area contributed by atoms with Crippen molar-refractivity contribution in [3.05, 3.63) is 71.0 Å². The van der Waals surface area contributed by atoms with Crippen LogP contribution in [0.25, 0.3) is 5.32 Å². The largest absolute Gasteiger partial charge is 0.681 e. The van der Waals surface area contributed by atoms with Gasteiger partial charge in [0.25, 0.3) is 0 Å². The molecule has 2 aromatic rings. The second kappa shape index (κ2) is 8.96. The molecule has 0 heterocycles. The van der Waals surface area contributed by atoms with Gasteiger partial charge in [-0.05, 0) is 11.5 Å². The Bertz CT molecular complexity index is 555. The first-order valence-electron chi connectivity index (χ1n) is 6.68. The van der Waals surface area contributed by atoms with Crippen LogP contribution in [-0.2, 0) is 44.0 Å². The molecular weight excluding hydrogens is 339 g/mol. The standard InChI is InChI=1S/C17H18NO2.Y/c1-13(11-17(19)20)15-7-9-16(10-8-15)18-12-14-5-3-2-4-6-14;/h2-10,13H,11-12H2,1H3,(H,19,20);/q-1;. The van der Waals surface area contributed by atoms with Crippen molar-refractivity contribution in [2.75, 3.05) is 0 Å². The van der Waals surface area contributed by atoms with Crippen LogP contribution in [0.15, 0.2) is 54.6 Å². The molecule has 0 aliphatic carbocycles. The fourth-order valence-electron chi connectivity index (χ4n) is 2.05. The molecule has 2 aromatic carbocycles. The monoisotopic (exact) mass is 357 g/mol. The van der Waals surface area contributed by atoms with Gasteiger partial charge >= 0.3 is 5.97 Å². The molecule has 21 heavy (non-hydrogen) atoms. The Morgan fingerprint density at radius 1 is 1.10 bits per heavy atom. The van der Waals surface area contributed by atoms with Crippen LogP contribution in [-0.4, -0.2) is 11.1 Å². The zero-order valence-electron chi connectivity index (χ0n) is 12.1. The van der Waals surface area contributed by atoms with E-state index in [0.717, 1.165) is 11.3 Å². The summed E-state index contributed by atoms with van der Waals surface area (Å²) in [5, 5.41) is 13.3. The van der Waals surface area contributed by atoms with Crippen LogP contribution >= 0.6 is 0 Å². The molecule has 2 rings (SSSR count). The van der Waals surface area contributed by atoms with Gasteiger partial charge in [0.15, 0.2) is 0 Å². The van der Waals surface area contributed by atoms with E-state index in [4.69, 9.17) is 5.11 Å². The summed E-state index contributed by atoms with van der Waals surface area (Å²) in [5.74, 6) is -0.744. The smallest absolute Gasteiger partial charge is 0.303 e. The van der Waals surface area contributed by atoms with Gasteiger partial charge in [-0.2, -0.15) is 0 Å². The average molecular weight is 357 g/mol. The number of carbonyl (C=O) groups is 1. The number of hydrogen-bond acceptors (Lipinski definition) is 1. The van der Waals surface area contributed by atoms with Crippen molar-refractivity contribution in [3.8, 4) is 0 Å². The third-order valence-corrected chi connectivity index (χ3v) is 3.23. The van der Waals surface area contributed by atoms with Crippen LogP contribution in [0.1, 0.15) is 30.4 Å². The third kappa shape index (κ3) is 5.98. The summed E-state index contributed by atoms with van der Waals surface area (Å²) in [5.41, 5.74) is 3.13. The molecule has 0 saturated carbocycles. The molecule has 0 aliphatic rings. The van der Waals surface area contributed by atoms with Gasteiger partial charge in [-0.1, -0.05) is 67.1 Å². The summed E-state index contributed by atoms with van der Waals surface area (Å²) in [7, 11) is 0. The summed E-state index contributed by atoms with van der Waals surface area (Å²) in [4.78, 5) is 10.7. The maximum Gasteiger partial charge on any atom is 0.303 e. The van der Waals surface area contributed by atoms with Crippen molar-refractivity contribution >= 4 is 11.7 Å². The Kier molecular flexibility index (Phi) is 7.62. The number of carboxylic acid groups (broad SMARTS) is 1. The molecule has 107 valence electrons. The molecule has 4 heteroatoms. The van der Waals surface area contributed by atoms with Gasteiger partial charge in [-0.3, -0.25) is 4.79 Å². The first-order chi connectivity index (χ1) is 9.65. The van der Waals surface area contributed by atoms with E-state index in [0.29, 0.717) is 6.54 Å². The van der Waals surface area contributed by atoms with Gasteiger partial charge in [-0.25, -0.2) is 0 Å². The predicted molar refractivity (Wildman–Crippen MR) is 80.3 cm³/mol. The molecule has 0 amide bonds. The van der Waals surface area contributed by atoms with Crippen molar-refractivity contribution in [2.45, 2.75) is 25.8 Å². The number of carboxylic acids is 1. The molecule has 0 fully saturated rings. The molecule has 1 unspecified atom stereocenters. The minimum atomic E-state index is -0.768. The summed E-state index contributed by atoms with van der Waals surface area (Å²) in [6, 6.07) is 17.9. The van der Waals surface area contributed by atoms with E-state index in [-0.39, 0.29) is 45.0 Å². The Morgan fingerprint density at radius 2 is 1.71 bits per heavy atom. The zero-order valence-corrected chi connectivity index (χ0v) is 14.9. The maximum absolute atomic E-state index is 10.7. The third-order valence-electron chi connectivity index (χ3n) is 3.23. The van der Waals surface area contributed by atoms with E-state index in [9.17, 15) is 4.79 Å². The van der Waals surface area contributed by atoms with Gasteiger partial charge in [-0.15, -0.1) is 12.2 Å². The number of nitrogens with zero attached hydrogens (tertiary/aromatic N) is 1. The molecule has 1 N–H and O–H groups in total.